The van der Waals surface area contributed by atoms with Crippen LogP contribution in [0.2, 0.25) is 0 Å². The molecule has 0 bridgehead atoms. The van der Waals surface area contributed by atoms with Gasteiger partial charge in [0.25, 0.3) is 0 Å². The van der Waals surface area contributed by atoms with Gasteiger partial charge in [-0.15, -0.1) is 5.06 Å². The first-order valence-corrected chi connectivity index (χ1v) is 7.33. The van der Waals surface area contributed by atoms with Gasteiger partial charge in [0.05, 0.1) is 6.07 Å². The van der Waals surface area contributed by atoms with Crippen LogP contribution in [0.15, 0.2) is 0 Å². The van der Waals surface area contributed by atoms with Crippen molar-refractivity contribution in [2.45, 2.75) is 31.6 Å². The van der Waals surface area contributed by atoms with Crippen LogP contribution in [0.1, 0.15) is 26.2 Å². The maximum absolute atomic E-state index is 11.6. The lowest BCUT2D eigenvalue weighted by atomic mass is 10.0. The highest BCUT2D eigenvalue weighted by Crippen LogP contribution is 2.25. The lowest BCUT2D eigenvalue weighted by Gasteiger charge is -2.35. The van der Waals surface area contributed by atoms with Gasteiger partial charge < -0.3 is 4.84 Å². The topological polar surface area (TPSA) is 87.5 Å². The van der Waals surface area contributed by atoms with Crippen LogP contribution in [0.5, 0.6) is 0 Å². The van der Waals surface area contributed by atoms with E-state index in [2.05, 4.69) is 0 Å². The molecule has 7 heteroatoms. The van der Waals surface area contributed by atoms with E-state index in [1.165, 1.54) is 5.06 Å². The number of carbonyl (C=O) groups excluding carboxylic acids is 1. The molecule has 0 aliphatic carbocycles. The zero-order chi connectivity index (χ0) is 13.1. The smallest absolute Gasteiger partial charge is 0.339 e. The molecule has 0 N–H and O–H groups in total. The molecule has 1 fully saturated rings. The van der Waals surface area contributed by atoms with Crippen LogP contribution in [0.3, 0.4) is 0 Å². The van der Waals surface area contributed by atoms with E-state index in [0.29, 0.717) is 13.0 Å². The highest BCUT2D eigenvalue weighted by molar-refractivity contribution is 7.91. The van der Waals surface area contributed by atoms with Gasteiger partial charge in [0.15, 0.2) is 9.84 Å². The summed E-state index contributed by atoms with van der Waals surface area (Å²) < 4.78 is 23.2. The Kier molecular flexibility index (Phi) is 4.48. The first-order chi connectivity index (χ1) is 7.84. The number of rotatable bonds is 3. The summed E-state index contributed by atoms with van der Waals surface area (Å²) >= 11 is 0. The van der Waals surface area contributed by atoms with Crippen molar-refractivity contribution in [1.29, 1.82) is 5.26 Å². The SMILES string of the molecule is CC1CCN(OC(=O)CC#N)C(S(C)(=O)=O)C1. The fourth-order valence-electron chi connectivity index (χ4n) is 1.79. The number of nitriles is 1. The van der Waals surface area contributed by atoms with Crippen molar-refractivity contribution in [2.24, 2.45) is 5.92 Å². The Bertz CT molecular complexity index is 426. The molecule has 17 heavy (non-hydrogen) atoms. The monoisotopic (exact) mass is 260 g/mol. The van der Waals surface area contributed by atoms with Gasteiger partial charge in [-0.3, -0.25) is 0 Å². The predicted molar refractivity (Wildman–Crippen MR) is 60.1 cm³/mol. The molecule has 2 atom stereocenters. The number of nitrogens with zero attached hydrogens (tertiary/aromatic N) is 2. The molecular weight excluding hydrogens is 244 g/mol. The molecule has 1 saturated heterocycles. The van der Waals surface area contributed by atoms with Gasteiger partial charge >= 0.3 is 5.97 Å². The van der Waals surface area contributed by atoms with Crippen LogP contribution in [-0.2, 0) is 19.5 Å². The maximum Gasteiger partial charge on any atom is 0.339 e. The van der Waals surface area contributed by atoms with E-state index in [1.54, 1.807) is 6.07 Å². The second-order valence-corrected chi connectivity index (χ2v) is 6.56. The summed E-state index contributed by atoms with van der Waals surface area (Å²) in [4.78, 5) is 16.1. The maximum atomic E-state index is 11.6. The predicted octanol–water partition coefficient (Wildman–Crippen LogP) is 0.461. The van der Waals surface area contributed by atoms with Gasteiger partial charge in [-0.25, -0.2) is 13.2 Å². The molecule has 0 amide bonds. The number of piperidine rings is 1. The highest BCUT2D eigenvalue weighted by atomic mass is 32.2. The van der Waals surface area contributed by atoms with Crippen LogP contribution in [0.25, 0.3) is 0 Å². The third-order valence-electron chi connectivity index (χ3n) is 2.70. The Morgan fingerprint density at radius 2 is 2.24 bits per heavy atom. The number of sulfone groups is 1. The average Bonchev–Trinajstić information content (AvgIpc) is 2.19. The van der Waals surface area contributed by atoms with Crippen molar-refractivity contribution in [3.63, 3.8) is 0 Å². The molecule has 0 saturated carbocycles. The number of carbonyl (C=O) groups is 1. The fraction of sp³-hybridized carbons (Fsp3) is 0.800. The summed E-state index contributed by atoms with van der Waals surface area (Å²) in [7, 11) is -3.30. The minimum atomic E-state index is -3.30. The molecule has 96 valence electrons. The first kappa shape index (κ1) is 13.9. The standard InChI is InChI=1S/C10H16N2O4S/c1-8-4-6-12(16-10(13)3-5-11)9(7-8)17(2,14)15/h8-9H,3-4,6-7H2,1-2H3. The van der Waals surface area contributed by atoms with E-state index >= 15 is 0 Å². The molecular formula is C10H16N2O4S. The van der Waals surface area contributed by atoms with Gasteiger partial charge in [-0.1, -0.05) is 6.92 Å². The molecule has 0 radical (unpaired) electrons. The molecule has 2 unspecified atom stereocenters. The normalized spacial score (nSPS) is 26.2. The van der Waals surface area contributed by atoms with E-state index in [9.17, 15) is 13.2 Å². The summed E-state index contributed by atoms with van der Waals surface area (Å²) in [5, 5.41) is 8.74. The van der Waals surface area contributed by atoms with Crippen LogP contribution in [0.4, 0.5) is 0 Å². The third kappa shape index (κ3) is 3.98. The zero-order valence-corrected chi connectivity index (χ0v) is 10.7. The Labute approximate surface area is 101 Å². The van der Waals surface area contributed by atoms with E-state index in [1.807, 2.05) is 6.92 Å². The largest absolute Gasteiger partial charge is 0.366 e. The van der Waals surface area contributed by atoms with Crippen molar-refractivity contribution in [2.75, 3.05) is 12.8 Å². The minimum Gasteiger partial charge on any atom is -0.366 e. The number of hydrogen-bond acceptors (Lipinski definition) is 6. The summed E-state index contributed by atoms with van der Waals surface area (Å²) in [5.74, 6) is -0.434. The Morgan fingerprint density at radius 1 is 1.59 bits per heavy atom. The minimum absolute atomic E-state index is 0.278. The molecule has 1 rings (SSSR count). The van der Waals surface area contributed by atoms with Crippen molar-refractivity contribution in [1.82, 2.24) is 5.06 Å². The van der Waals surface area contributed by atoms with E-state index in [0.717, 1.165) is 12.7 Å². The summed E-state index contributed by atoms with van der Waals surface area (Å²) in [6.45, 7) is 2.35. The van der Waals surface area contributed by atoms with Crippen LogP contribution in [-0.4, -0.2) is 37.6 Å². The molecule has 1 heterocycles. The molecule has 0 spiro atoms. The highest BCUT2D eigenvalue weighted by Gasteiger charge is 2.36. The Hall–Kier alpha value is -1.13. The molecule has 0 aromatic rings. The van der Waals surface area contributed by atoms with Gasteiger partial charge in [-0.05, 0) is 18.8 Å². The van der Waals surface area contributed by atoms with Gasteiger partial charge in [0.2, 0.25) is 0 Å². The molecule has 0 aromatic carbocycles. The van der Waals surface area contributed by atoms with Gasteiger partial charge in [-0.2, -0.15) is 5.26 Å². The van der Waals surface area contributed by atoms with Crippen LogP contribution >= 0.6 is 0 Å². The van der Waals surface area contributed by atoms with Gasteiger partial charge in [0, 0.05) is 12.8 Å². The number of hydroxylamine groups is 2. The second-order valence-electron chi connectivity index (χ2n) is 4.35. The van der Waals surface area contributed by atoms with Crippen molar-refractivity contribution in [3.05, 3.63) is 0 Å². The first-order valence-electron chi connectivity index (χ1n) is 5.38. The third-order valence-corrected chi connectivity index (χ3v) is 4.12. The molecule has 6 nitrogen and oxygen atoms in total. The quantitative estimate of drug-likeness (QED) is 0.732. The van der Waals surface area contributed by atoms with Crippen molar-refractivity contribution in [3.8, 4) is 6.07 Å². The molecule has 1 aliphatic rings. The fourth-order valence-corrected chi connectivity index (χ4v) is 3.05. The van der Waals surface area contributed by atoms with E-state index in [4.69, 9.17) is 10.1 Å². The zero-order valence-electron chi connectivity index (χ0n) is 9.92. The second kappa shape index (κ2) is 5.47. The van der Waals surface area contributed by atoms with Crippen LogP contribution < -0.4 is 0 Å². The van der Waals surface area contributed by atoms with Crippen molar-refractivity contribution < 1.29 is 18.0 Å². The van der Waals surface area contributed by atoms with E-state index in [-0.39, 0.29) is 12.3 Å². The number of hydrogen-bond donors (Lipinski definition) is 0. The Balaban J connectivity index is 2.75. The Morgan fingerprint density at radius 3 is 2.76 bits per heavy atom. The lowest BCUT2D eigenvalue weighted by Crippen LogP contribution is -2.47. The molecule has 1 aliphatic heterocycles. The average molecular weight is 260 g/mol. The van der Waals surface area contributed by atoms with E-state index < -0.39 is 21.2 Å². The molecule has 0 aromatic heterocycles. The van der Waals surface area contributed by atoms with Gasteiger partial charge in [0.1, 0.15) is 11.8 Å². The summed E-state index contributed by atoms with van der Waals surface area (Å²) in [6, 6.07) is 1.67. The lowest BCUT2D eigenvalue weighted by molar-refractivity contribution is -0.200. The summed E-state index contributed by atoms with van der Waals surface area (Å²) in [6.07, 6.45) is 1.97. The van der Waals surface area contributed by atoms with Crippen LogP contribution in [0, 0.1) is 17.2 Å². The van der Waals surface area contributed by atoms with Crippen molar-refractivity contribution >= 4 is 15.8 Å². The summed E-state index contributed by atoms with van der Waals surface area (Å²) in [5.41, 5.74) is 0.